The summed E-state index contributed by atoms with van der Waals surface area (Å²) < 4.78 is 10.2. The van der Waals surface area contributed by atoms with E-state index in [2.05, 4.69) is 12.2 Å². The van der Waals surface area contributed by atoms with Crippen LogP contribution in [-0.4, -0.2) is 38.9 Å². The van der Waals surface area contributed by atoms with Gasteiger partial charge < -0.3 is 14.8 Å². The van der Waals surface area contributed by atoms with Crippen molar-refractivity contribution in [3.05, 3.63) is 0 Å². The molecule has 0 aromatic carbocycles. The lowest BCUT2D eigenvalue weighted by molar-refractivity contribution is -0.144. The van der Waals surface area contributed by atoms with Crippen molar-refractivity contribution in [1.29, 1.82) is 0 Å². The van der Waals surface area contributed by atoms with Gasteiger partial charge in [-0.3, -0.25) is 4.79 Å². The van der Waals surface area contributed by atoms with Crippen molar-refractivity contribution >= 4 is 5.97 Å². The lowest BCUT2D eigenvalue weighted by Crippen LogP contribution is -2.41. The first kappa shape index (κ1) is 16.4. The van der Waals surface area contributed by atoms with Gasteiger partial charge in [-0.1, -0.05) is 39.5 Å². The second kappa shape index (κ2) is 11.9. The number of nitrogens with one attached hydrogen (secondary N) is 1. The first-order valence-corrected chi connectivity index (χ1v) is 6.65. The first-order chi connectivity index (χ1) is 8.26. The molecule has 0 fully saturated rings. The molecule has 1 unspecified atom stereocenters. The van der Waals surface area contributed by atoms with Crippen LogP contribution < -0.4 is 5.32 Å². The molecule has 4 heteroatoms. The molecule has 0 saturated carbocycles. The molecule has 0 radical (unpaired) electrons. The Morgan fingerprint density at radius 2 is 1.88 bits per heavy atom. The molecular formula is C13H27NO3. The molecule has 0 aromatic rings. The van der Waals surface area contributed by atoms with Gasteiger partial charge in [-0.05, 0) is 13.0 Å². The summed E-state index contributed by atoms with van der Waals surface area (Å²) in [5.41, 5.74) is 0. The van der Waals surface area contributed by atoms with Crippen LogP contribution in [0.1, 0.15) is 46.0 Å². The van der Waals surface area contributed by atoms with Gasteiger partial charge in [-0.15, -0.1) is 0 Å². The Morgan fingerprint density at radius 1 is 1.18 bits per heavy atom. The van der Waals surface area contributed by atoms with Crippen LogP contribution in [0.4, 0.5) is 0 Å². The van der Waals surface area contributed by atoms with E-state index in [-0.39, 0.29) is 12.0 Å². The summed E-state index contributed by atoms with van der Waals surface area (Å²) in [7, 11) is 1.40. The molecule has 0 bridgehead atoms. The number of hydrogen-bond acceptors (Lipinski definition) is 4. The number of carbonyl (C=O) groups excluding carboxylic acids is 1. The lowest BCUT2D eigenvalue weighted by Gasteiger charge is -2.15. The summed E-state index contributed by atoms with van der Waals surface area (Å²) in [4.78, 5) is 11.3. The van der Waals surface area contributed by atoms with E-state index in [0.29, 0.717) is 6.61 Å². The maximum absolute atomic E-state index is 11.3. The highest BCUT2D eigenvalue weighted by molar-refractivity contribution is 5.75. The lowest BCUT2D eigenvalue weighted by atomic mass is 10.2. The Labute approximate surface area is 105 Å². The van der Waals surface area contributed by atoms with Gasteiger partial charge >= 0.3 is 5.97 Å². The predicted molar refractivity (Wildman–Crippen MR) is 69.1 cm³/mol. The van der Waals surface area contributed by atoms with E-state index in [4.69, 9.17) is 9.47 Å². The minimum absolute atomic E-state index is 0.252. The van der Waals surface area contributed by atoms with Crippen molar-refractivity contribution in [3.63, 3.8) is 0 Å². The van der Waals surface area contributed by atoms with Crippen LogP contribution in [0.3, 0.4) is 0 Å². The third-order valence-electron chi connectivity index (χ3n) is 2.61. The average Bonchev–Trinajstić information content (AvgIpc) is 2.35. The minimum Gasteiger partial charge on any atom is -0.468 e. The van der Waals surface area contributed by atoms with Gasteiger partial charge in [0, 0.05) is 6.61 Å². The molecule has 0 aromatic heterocycles. The van der Waals surface area contributed by atoms with E-state index in [0.717, 1.165) is 19.6 Å². The molecule has 0 rings (SSSR count). The molecule has 17 heavy (non-hydrogen) atoms. The van der Waals surface area contributed by atoms with Gasteiger partial charge in [0.15, 0.2) is 0 Å². The molecule has 0 aliphatic rings. The van der Waals surface area contributed by atoms with Gasteiger partial charge in [0.1, 0.15) is 6.04 Å². The predicted octanol–water partition coefficient (Wildman–Crippen LogP) is 2.12. The van der Waals surface area contributed by atoms with Crippen LogP contribution >= 0.6 is 0 Å². The maximum atomic E-state index is 11.3. The monoisotopic (exact) mass is 245 g/mol. The van der Waals surface area contributed by atoms with Crippen LogP contribution in [0.25, 0.3) is 0 Å². The molecule has 0 amide bonds. The van der Waals surface area contributed by atoms with E-state index >= 15 is 0 Å². The Kier molecular flexibility index (Phi) is 11.4. The van der Waals surface area contributed by atoms with Crippen LogP contribution in [0, 0.1) is 0 Å². The summed E-state index contributed by atoms with van der Waals surface area (Å²) in [5, 5.41) is 3.04. The number of rotatable bonds is 11. The first-order valence-electron chi connectivity index (χ1n) is 6.65. The third-order valence-corrected chi connectivity index (χ3v) is 2.61. The Morgan fingerprint density at radius 3 is 2.47 bits per heavy atom. The molecule has 0 heterocycles. The number of ether oxygens (including phenoxy) is 2. The Hall–Kier alpha value is -0.610. The largest absolute Gasteiger partial charge is 0.468 e. The average molecular weight is 245 g/mol. The summed E-state index contributed by atoms with van der Waals surface area (Å²) in [5.74, 6) is -0.252. The molecule has 4 nitrogen and oxygen atoms in total. The molecule has 1 N–H and O–H groups in total. The zero-order valence-corrected chi connectivity index (χ0v) is 11.5. The van der Waals surface area contributed by atoms with Crippen molar-refractivity contribution in [2.24, 2.45) is 0 Å². The number of hydrogen-bond donors (Lipinski definition) is 1. The van der Waals surface area contributed by atoms with Gasteiger partial charge in [0.25, 0.3) is 0 Å². The molecule has 0 spiro atoms. The number of unbranched alkanes of at least 4 members (excludes halogenated alkanes) is 4. The van der Waals surface area contributed by atoms with Gasteiger partial charge in [0.05, 0.1) is 13.7 Å². The van der Waals surface area contributed by atoms with Crippen molar-refractivity contribution < 1.29 is 14.3 Å². The van der Waals surface area contributed by atoms with E-state index in [1.54, 1.807) is 0 Å². The molecular weight excluding hydrogens is 218 g/mol. The number of carbonyl (C=O) groups is 1. The van der Waals surface area contributed by atoms with Crippen molar-refractivity contribution in [3.8, 4) is 0 Å². The zero-order valence-electron chi connectivity index (χ0n) is 11.5. The fraction of sp³-hybridized carbons (Fsp3) is 0.923. The van der Waals surface area contributed by atoms with Crippen molar-refractivity contribution in [1.82, 2.24) is 5.32 Å². The standard InChI is InChI=1S/C13H27NO3/c1-4-6-7-8-9-10-17-11-12(14-5-2)13(15)16-3/h12,14H,4-11H2,1-3H3. The van der Waals surface area contributed by atoms with Gasteiger partial charge in [0.2, 0.25) is 0 Å². The fourth-order valence-electron chi connectivity index (χ4n) is 1.61. The molecule has 0 aliphatic heterocycles. The highest BCUT2D eigenvalue weighted by Gasteiger charge is 2.17. The van der Waals surface area contributed by atoms with E-state index < -0.39 is 0 Å². The smallest absolute Gasteiger partial charge is 0.325 e. The summed E-state index contributed by atoms with van der Waals surface area (Å²) in [6.45, 7) is 6.02. The Balaban J connectivity index is 3.51. The molecule has 0 saturated heterocycles. The number of methoxy groups -OCH3 is 1. The van der Waals surface area contributed by atoms with Crippen LogP contribution in [-0.2, 0) is 14.3 Å². The second-order valence-corrected chi connectivity index (χ2v) is 4.12. The van der Waals surface area contributed by atoms with E-state index in [1.807, 2.05) is 6.92 Å². The van der Waals surface area contributed by atoms with E-state index in [9.17, 15) is 4.79 Å². The highest BCUT2D eigenvalue weighted by atomic mass is 16.5. The van der Waals surface area contributed by atoms with Crippen LogP contribution in [0.2, 0.25) is 0 Å². The molecule has 102 valence electrons. The van der Waals surface area contributed by atoms with E-state index in [1.165, 1.54) is 32.8 Å². The SMILES string of the molecule is CCCCCCCOCC(NCC)C(=O)OC. The third kappa shape index (κ3) is 9.12. The summed E-state index contributed by atoms with van der Waals surface area (Å²) >= 11 is 0. The quantitative estimate of drug-likeness (QED) is 0.447. The molecule has 0 aliphatic carbocycles. The second-order valence-electron chi connectivity index (χ2n) is 4.12. The summed E-state index contributed by atoms with van der Waals surface area (Å²) in [6.07, 6.45) is 6.10. The number of esters is 1. The summed E-state index contributed by atoms with van der Waals surface area (Å²) in [6, 6.07) is -0.333. The van der Waals surface area contributed by atoms with Crippen molar-refractivity contribution in [2.45, 2.75) is 52.0 Å². The maximum Gasteiger partial charge on any atom is 0.325 e. The van der Waals surface area contributed by atoms with Crippen LogP contribution in [0.5, 0.6) is 0 Å². The highest BCUT2D eigenvalue weighted by Crippen LogP contribution is 2.02. The van der Waals surface area contributed by atoms with Gasteiger partial charge in [-0.25, -0.2) is 0 Å². The fourth-order valence-corrected chi connectivity index (χ4v) is 1.61. The minimum atomic E-state index is -0.333. The van der Waals surface area contributed by atoms with Crippen LogP contribution in [0.15, 0.2) is 0 Å². The zero-order chi connectivity index (χ0) is 12.9. The Bertz CT molecular complexity index is 186. The topological polar surface area (TPSA) is 47.6 Å². The van der Waals surface area contributed by atoms with Crippen molar-refractivity contribution in [2.75, 3.05) is 26.9 Å². The normalized spacial score (nSPS) is 12.4. The van der Waals surface area contributed by atoms with Gasteiger partial charge in [-0.2, -0.15) is 0 Å². The number of likely N-dealkylation sites (N-methyl/N-ethyl adjacent to an activating group) is 1. The molecule has 1 atom stereocenters.